The Morgan fingerprint density at radius 3 is 3.10 bits per heavy atom. The number of benzene rings is 1. The van der Waals surface area contributed by atoms with Gasteiger partial charge in [-0.2, -0.15) is 4.98 Å². The second kappa shape index (κ2) is 4.68. The van der Waals surface area contributed by atoms with Crippen LogP contribution in [0.3, 0.4) is 0 Å². The van der Waals surface area contributed by atoms with Gasteiger partial charge in [-0.25, -0.2) is 0 Å². The molecular weight excluding hydrogens is 252 g/mol. The molecule has 0 radical (unpaired) electrons. The van der Waals surface area contributed by atoms with E-state index in [2.05, 4.69) is 20.4 Å². The molecule has 1 N–H and O–H groups in total. The van der Waals surface area contributed by atoms with Gasteiger partial charge < -0.3 is 9.84 Å². The highest BCUT2D eigenvalue weighted by molar-refractivity contribution is 5.82. The summed E-state index contributed by atoms with van der Waals surface area (Å²) in [7, 11) is 0. The van der Waals surface area contributed by atoms with Gasteiger partial charge in [-0.15, -0.1) is 0 Å². The normalized spacial score (nSPS) is 14.8. The Bertz CT molecular complexity index is 748. The van der Waals surface area contributed by atoms with Gasteiger partial charge in [0.05, 0.1) is 12.1 Å². The van der Waals surface area contributed by atoms with Crippen LogP contribution in [0, 0.1) is 0 Å². The van der Waals surface area contributed by atoms with Gasteiger partial charge in [0, 0.05) is 23.2 Å². The van der Waals surface area contributed by atoms with Crippen LogP contribution < -0.4 is 5.32 Å². The smallest absolute Gasteiger partial charge is 0.257 e. The van der Waals surface area contributed by atoms with Gasteiger partial charge in [-0.3, -0.25) is 4.98 Å². The molecule has 0 atom stereocenters. The van der Waals surface area contributed by atoms with Crippen molar-refractivity contribution in [3.05, 3.63) is 42.4 Å². The molecule has 1 fully saturated rings. The first-order valence-corrected chi connectivity index (χ1v) is 6.79. The summed E-state index contributed by atoms with van der Waals surface area (Å²) in [4.78, 5) is 8.73. The van der Waals surface area contributed by atoms with E-state index in [0.717, 1.165) is 16.5 Å². The van der Waals surface area contributed by atoms with Crippen molar-refractivity contribution in [3.8, 4) is 11.5 Å². The first-order chi connectivity index (χ1) is 9.88. The fraction of sp³-hybridized carbons (Fsp3) is 0.267. The Kier molecular flexibility index (Phi) is 2.70. The van der Waals surface area contributed by atoms with Crippen LogP contribution in [0.4, 0.5) is 0 Å². The predicted molar refractivity (Wildman–Crippen MR) is 74.9 cm³/mol. The first kappa shape index (κ1) is 11.5. The summed E-state index contributed by atoms with van der Waals surface area (Å²) < 4.78 is 5.33. The molecule has 3 aromatic rings. The highest BCUT2D eigenvalue weighted by Gasteiger charge is 2.21. The SMILES string of the molecule is c1cnc2ccc(-c3nc(CNC4CC4)no3)cc2c1. The third kappa shape index (κ3) is 2.28. The topological polar surface area (TPSA) is 63.8 Å². The second-order valence-corrected chi connectivity index (χ2v) is 5.08. The summed E-state index contributed by atoms with van der Waals surface area (Å²) in [6, 6.07) is 10.5. The predicted octanol–water partition coefficient (Wildman–Crippen LogP) is 2.54. The van der Waals surface area contributed by atoms with Crippen LogP contribution in [0.2, 0.25) is 0 Å². The summed E-state index contributed by atoms with van der Waals surface area (Å²) in [6.45, 7) is 0.670. The number of fused-ring (bicyclic) bond motifs is 1. The molecule has 2 aromatic heterocycles. The summed E-state index contributed by atoms with van der Waals surface area (Å²) in [5.41, 5.74) is 1.89. The molecule has 0 bridgehead atoms. The Morgan fingerprint density at radius 1 is 1.25 bits per heavy atom. The fourth-order valence-corrected chi connectivity index (χ4v) is 2.17. The van der Waals surface area contributed by atoms with E-state index in [1.54, 1.807) is 6.20 Å². The zero-order chi connectivity index (χ0) is 13.4. The highest BCUT2D eigenvalue weighted by Crippen LogP contribution is 2.22. The summed E-state index contributed by atoms with van der Waals surface area (Å²) in [5, 5.41) is 8.45. The van der Waals surface area contributed by atoms with E-state index in [9.17, 15) is 0 Å². The Hall–Kier alpha value is -2.27. The van der Waals surface area contributed by atoms with Gasteiger partial charge in [0.15, 0.2) is 5.82 Å². The molecule has 0 aliphatic heterocycles. The minimum absolute atomic E-state index is 0.559. The van der Waals surface area contributed by atoms with E-state index in [4.69, 9.17) is 4.52 Å². The lowest BCUT2D eigenvalue weighted by Crippen LogP contribution is -2.16. The van der Waals surface area contributed by atoms with Crippen LogP contribution in [0.15, 0.2) is 41.1 Å². The van der Waals surface area contributed by atoms with Gasteiger partial charge in [-0.05, 0) is 37.1 Å². The van der Waals surface area contributed by atoms with Crippen molar-refractivity contribution in [1.82, 2.24) is 20.4 Å². The zero-order valence-corrected chi connectivity index (χ0v) is 10.9. The van der Waals surface area contributed by atoms with Crippen molar-refractivity contribution >= 4 is 10.9 Å². The van der Waals surface area contributed by atoms with Crippen molar-refractivity contribution in [1.29, 1.82) is 0 Å². The molecule has 0 amide bonds. The first-order valence-electron chi connectivity index (χ1n) is 6.79. The van der Waals surface area contributed by atoms with Gasteiger partial charge in [0.2, 0.25) is 0 Å². The average molecular weight is 266 g/mol. The van der Waals surface area contributed by atoms with Gasteiger partial charge >= 0.3 is 0 Å². The van der Waals surface area contributed by atoms with Gasteiger partial charge in [-0.1, -0.05) is 11.2 Å². The molecule has 2 heterocycles. The maximum Gasteiger partial charge on any atom is 0.257 e. The summed E-state index contributed by atoms with van der Waals surface area (Å²) in [6.07, 6.45) is 4.29. The standard InChI is InChI=1S/C15H14N4O/c1-2-10-8-11(3-6-13(10)16-7-1)15-18-14(19-20-15)9-17-12-4-5-12/h1-3,6-8,12,17H,4-5,9H2. The number of nitrogens with zero attached hydrogens (tertiary/aromatic N) is 3. The molecule has 1 aliphatic carbocycles. The largest absolute Gasteiger partial charge is 0.334 e. The quantitative estimate of drug-likeness (QED) is 0.786. The van der Waals surface area contributed by atoms with E-state index in [0.29, 0.717) is 24.3 Å². The molecule has 100 valence electrons. The van der Waals surface area contributed by atoms with Gasteiger partial charge in [0.25, 0.3) is 5.89 Å². The van der Waals surface area contributed by atoms with Crippen LogP contribution in [-0.2, 0) is 6.54 Å². The van der Waals surface area contributed by atoms with Crippen LogP contribution >= 0.6 is 0 Å². The Balaban J connectivity index is 1.60. The van der Waals surface area contributed by atoms with E-state index >= 15 is 0 Å². The molecule has 5 heteroatoms. The number of nitrogens with one attached hydrogen (secondary N) is 1. The van der Waals surface area contributed by atoms with E-state index in [1.807, 2.05) is 30.3 Å². The lowest BCUT2D eigenvalue weighted by Gasteiger charge is -1.98. The van der Waals surface area contributed by atoms with Gasteiger partial charge in [0.1, 0.15) is 0 Å². The molecule has 0 spiro atoms. The van der Waals surface area contributed by atoms with Crippen molar-refractivity contribution in [2.75, 3.05) is 0 Å². The lowest BCUT2D eigenvalue weighted by molar-refractivity contribution is 0.419. The van der Waals surface area contributed by atoms with E-state index in [1.165, 1.54) is 12.8 Å². The minimum Gasteiger partial charge on any atom is -0.334 e. The summed E-state index contributed by atoms with van der Waals surface area (Å²) in [5.74, 6) is 1.27. The molecule has 1 aliphatic rings. The van der Waals surface area contributed by atoms with E-state index in [-0.39, 0.29) is 0 Å². The lowest BCUT2D eigenvalue weighted by atomic mass is 10.1. The number of aromatic nitrogens is 3. The Labute approximate surface area is 116 Å². The van der Waals surface area contributed by atoms with Crippen LogP contribution in [-0.4, -0.2) is 21.2 Å². The van der Waals surface area contributed by atoms with Crippen molar-refractivity contribution < 1.29 is 4.52 Å². The average Bonchev–Trinajstić information content (AvgIpc) is 3.21. The minimum atomic E-state index is 0.559. The van der Waals surface area contributed by atoms with Crippen LogP contribution in [0.5, 0.6) is 0 Å². The highest BCUT2D eigenvalue weighted by atomic mass is 16.5. The molecule has 0 saturated heterocycles. The number of hydrogen-bond donors (Lipinski definition) is 1. The molecule has 5 nitrogen and oxygen atoms in total. The second-order valence-electron chi connectivity index (χ2n) is 5.08. The zero-order valence-electron chi connectivity index (χ0n) is 10.9. The number of pyridine rings is 1. The molecule has 0 unspecified atom stereocenters. The maximum atomic E-state index is 5.33. The monoisotopic (exact) mass is 266 g/mol. The van der Waals surface area contributed by atoms with Crippen molar-refractivity contribution in [2.45, 2.75) is 25.4 Å². The summed E-state index contributed by atoms with van der Waals surface area (Å²) >= 11 is 0. The molecule has 20 heavy (non-hydrogen) atoms. The van der Waals surface area contributed by atoms with Crippen molar-refractivity contribution in [3.63, 3.8) is 0 Å². The molecular formula is C15H14N4O. The fourth-order valence-electron chi connectivity index (χ4n) is 2.17. The third-order valence-electron chi connectivity index (χ3n) is 3.44. The van der Waals surface area contributed by atoms with Crippen LogP contribution in [0.25, 0.3) is 22.4 Å². The molecule has 1 saturated carbocycles. The van der Waals surface area contributed by atoms with Crippen LogP contribution in [0.1, 0.15) is 18.7 Å². The number of hydrogen-bond acceptors (Lipinski definition) is 5. The molecule has 1 aromatic carbocycles. The maximum absolute atomic E-state index is 5.33. The van der Waals surface area contributed by atoms with E-state index < -0.39 is 0 Å². The van der Waals surface area contributed by atoms with Crippen molar-refractivity contribution in [2.24, 2.45) is 0 Å². The Morgan fingerprint density at radius 2 is 2.20 bits per heavy atom. The third-order valence-corrected chi connectivity index (χ3v) is 3.44. The molecule has 4 rings (SSSR count). The number of rotatable bonds is 4.